The summed E-state index contributed by atoms with van der Waals surface area (Å²) in [5, 5.41) is 4.06. The van der Waals surface area contributed by atoms with E-state index in [1.54, 1.807) is 11.8 Å². The van der Waals surface area contributed by atoms with Crippen molar-refractivity contribution in [2.75, 3.05) is 7.11 Å². The predicted octanol–water partition coefficient (Wildman–Crippen LogP) is 1.24. The Hall–Kier alpha value is -1.88. The Labute approximate surface area is 107 Å². The molecule has 0 aliphatic rings. The van der Waals surface area contributed by atoms with E-state index in [0.29, 0.717) is 6.42 Å². The van der Waals surface area contributed by atoms with Gasteiger partial charge >= 0.3 is 0 Å². The van der Waals surface area contributed by atoms with Gasteiger partial charge in [-0.05, 0) is 13.0 Å². The Morgan fingerprint density at radius 2 is 2.11 bits per heavy atom. The molecule has 0 aliphatic heterocycles. The Morgan fingerprint density at radius 1 is 1.39 bits per heavy atom. The lowest BCUT2D eigenvalue weighted by Gasteiger charge is -2.26. The van der Waals surface area contributed by atoms with E-state index >= 15 is 0 Å². The van der Waals surface area contributed by atoms with Gasteiger partial charge in [0.25, 0.3) is 0 Å². The highest BCUT2D eigenvalue weighted by atomic mass is 16.5. The first-order chi connectivity index (χ1) is 8.54. The van der Waals surface area contributed by atoms with Crippen molar-refractivity contribution in [1.82, 2.24) is 14.8 Å². The van der Waals surface area contributed by atoms with E-state index in [-0.39, 0.29) is 0 Å². The van der Waals surface area contributed by atoms with Crippen LogP contribution in [0.5, 0.6) is 5.75 Å². The number of nitrogens with zero attached hydrogens (tertiary/aromatic N) is 3. The maximum atomic E-state index is 6.41. The van der Waals surface area contributed by atoms with Gasteiger partial charge in [-0.2, -0.15) is 5.10 Å². The molecule has 5 nitrogen and oxygen atoms in total. The lowest BCUT2D eigenvalue weighted by molar-refractivity contribution is 0.382. The number of benzene rings is 1. The Balaban J connectivity index is 2.33. The molecule has 0 spiro atoms. The molecule has 1 aromatic heterocycles. The first-order valence-electron chi connectivity index (χ1n) is 5.80. The molecule has 2 N–H and O–H groups in total. The fourth-order valence-electron chi connectivity index (χ4n) is 2.02. The Morgan fingerprint density at radius 3 is 2.72 bits per heavy atom. The third kappa shape index (κ3) is 2.36. The summed E-state index contributed by atoms with van der Waals surface area (Å²) in [6, 6.07) is 7.78. The van der Waals surface area contributed by atoms with Crippen molar-refractivity contribution < 1.29 is 4.74 Å². The van der Waals surface area contributed by atoms with Gasteiger partial charge in [-0.15, -0.1) is 0 Å². The van der Waals surface area contributed by atoms with Gasteiger partial charge in [0.15, 0.2) is 0 Å². The highest BCUT2D eigenvalue weighted by Crippen LogP contribution is 2.29. The SMILES string of the molecule is COc1ccccc1C(C)(N)Cc1ncnn1C. The molecule has 0 amide bonds. The van der Waals surface area contributed by atoms with E-state index < -0.39 is 5.54 Å². The smallest absolute Gasteiger partial charge is 0.138 e. The highest BCUT2D eigenvalue weighted by molar-refractivity contribution is 5.39. The zero-order valence-electron chi connectivity index (χ0n) is 10.9. The lowest BCUT2D eigenvalue weighted by Crippen LogP contribution is -2.36. The molecule has 0 aliphatic carbocycles. The molecule has 1 aromatic carbocycles. The van der Waals surface area contributed by atoms with E-state index in [1.165, 1.54) is 6.33 Å². The third-order valence-corrected chi connectivity index (χ3v) is 3.05. The van der Waals surface area contributed by atoms with E-state index in [4.69, 9.17) is 10.5 Å². The van der Waals surface area contributed by atoms with Gasteiger partial charge in [0.1, 0.15) is 17.9 Å². The summed E-state index contributed by atoms with van der Waals surface area (Å²) in [6.07, 6.45) is 2.14. The molecule has 18 heavy (non-hydrogen) atoms. The van der Waals surface area contributed by atoms with Crippen LogP contribution in [0.1, 0.15) is 18.3 Å². The van der Waals surface area contributed by atoms with Crippen LogP contribution in [-0.4, -0.2) is 21.9 Å². The number of aryl methyl sites for hydroxylation is 1. The lowest BCUT2D eigenvalue weighted by atomic mass is 9.88. The molecule has 0 fully saturated rings. The topological polar surface area (TPSA) is 66.0 Å². The third-order valence-electron chi connectivity index (χ3n) is 3.05. The quantitative estimate of drug-likeness (QED) is 0.881. The number of methoxy groups -OCH3 is 1. The number of ether oxygens (including phenoxy) is 1. The summed E-state index contributed by atoms with van der Waals surface area (Å²) >= 11 is 0. The summed E-state index contributed by atoms with van der Waals surface area (Å²) in [6.45, 7) is 1.97. The maximum Gasteiger partial charge on any atom is 0.138 e. The van der Waals surface area contributed by atoms with Gasteiger partial charge in [0.05, 0.1) is 7.11 Å². The van der Waals surface area contributed by atoms with Gasteiger partial charge in [-0.1, -0.05) is 18.2 Å². The van der Waals surface area contributed by atoms with Crippen LogP contribution in [0.3, 0.4) is 0 Å². The molecule has 0 bridgehead atoms. The number of rotatable bonds is 4. The van der Waals surface area contributed by atoms with Crippen LogP contribution >= 0.6 is 0 Å². The number of nitrogens with two attached hydrogens (primary N) is 1. The number of hydrogen-bond donors (Lipinski definition) is 1. The molecule has 2 rings (SSSR count). The molecule has 0 radical (unpaired) electrons. The molecule has 96 valence electrons. The van der Waals surface area contributed by atoms with Crippen molar-refractivity contribution in [3.05, 3.63) is 42.0 Å². The van der Waals surface area contributed by atoms with Crippen molar-refractivity contribution in [3.63, 3.8) is 0 Å². The van der Waals surface area contributed by atoms with E-state index in [0.717, 1.165) is 17.1 Å². The minimum absolute atomic E-state index is 0.548. The number of para-hydroxylation sites is 1. The fraction of sp³-hybridized carbons (Fsp3) is 0.385. The first-order valence-corrected chi connectivity index (χ1v) is 5.80. The molecule has 5 heteroatoms. The second kappa shape index (κ2) is 4.78. The predicted molar refractivity (Wildman–Crippen MR) is 69.2 cm³/mol. The first kappa shape index (κ1) is 12.6. The van der Waals surface area contributed by atoms with E-state index in [9.17, 15) is 0 Å². The number of aromatic nitrogens is 3. The van der Waals surface area contributed by atoms with Crippen LogP contribution in [0.4, 0.5) is 0 Å². The molecular weight excluding hydrogens is 228 g/mol. The summed E-state index contributed by atoms with van der Waals surface area (Å²) in [5.41, 5.74) is 6.83. The Kier molecular flexibility index (Phi) is 3.34. The van der Waals surface area contributed by atoms with Crippen molar-refractivity contribution in [2.24, 2.45) is 12.8 Å². The molecule has 1 atom stereocenters. The van der Waals surface area contributed by atoms with Crippen LogP contribution in [0.15, 0.2) is 30.6 Å². The zero-order valence-corrected chi connectivity index (χ0v) is 10.9. The van der Waals surface area contributed by atoms with Crippen LogP contribution in [0, 0.1) is 0 Å². The van der Waals surface area contributed by atoms with E-state index in [2.05, 4.69) is 10.1 Å². The second-order valence-corrected chi connectivity index (χ2v) is 4.59. The monoisotopic (exact) mass is 246 g/mol. The van der Waals surface area contributed by atoms with Crippen molar-refractivity contribution >= 4 is 0 Å². The summed E-state index contributed by atoms with van der Waals surface area (Å²) in [4.78, 5) is 4.21. The summed E-state index contributed by atoms with van der Waals surface area (Å²) in [5.74, 6) is 1.65. The van der Waals surface area contributed by atoms with Gasteiger partial charge in [0.2, 0.25) is 0 Å². The standard InChI is InChI=1S/C13H18N4O/c1-13(14,8-12-15-9-16-17(12)2)10-6-4-5-7-11(10)18-3/h4-7,9H,8,14H2,1-3H3. The van der Waals surface area contributed by atoms with Crippen molar-refractivity contribution in [1.29, 1.82) is 0 Å². The molecule has 1 unspecified atom stereocenters. The minimum atomic E-state index is -0.548. The summed E-state index contributed by atoms with van der Waals surface area (Å²) in [7, 11) is 3.51. The normalized spacial score (nSPS) is 14.2. The zero-order chi connectivity index (χ0) is 13.2. The Bertz CT molecular complexity index is 533. The summed E-state index contributed by atoms with van der Waals surface area (Å²) < 4.78 is 7.09. The largest absolute Gasteiger partial charge is 0.496 e. The van der Waals surface area contributed by atoms with Crippen molar-refractivity contribution in [2.45, 2.75) is 18.9 Å². The molecule has 2 aromatic rings. The minimum Gasteiger partial charge on any atom is -0.496 e. The van der Waals surface area contributed by atoms with Gasteiger partial charge in [0, 0.05) is 24.6 Å². The van der Waals surface area contributed by atoms with Gasteiger partial charge < -0.3 is 10.5 Å². The second-order valence-electron chi connectivity index (χ2n) is 4.59. The van der Waals surface area contributed by atoms with E-state index in [1.807, 2.05) is 38.2 Å². The van der Waals surface area contributed by atoms with Crippen LogP contribution in [-0.2, 0) is 19.0 Å². The molecule has 0 saturated carbocycles. The maximum absolute atomic E-state index is 6.41. The number of hydrogen-bond acceptors (Lipinski definition) is 4. The van der Waals surface area contributed by atoms with Crippen LogP contribution in [0.2, 0.25) is 0 Å². The average Bonchev–Trinajstić information content (AvgIpc) is 2.74. The molecule has 0 saturated heterocycles. The highest BCUT2D eigenvalue weighted by Gasteiger charge is 2.27. The van der Waals surface area contributed by atoms with Crippen molar-refractivity contribution in [3.8, 4) is 5.75 Å². The fourth-order valence-corrected chi connectivity index (χ4v) is 2.02. The van der Waals surface area contributed by atoms with Crippen LogP contribution in [0.25, 0.3) is 0 Å². The average molecular weight is 246 g/mol. The van der Waals surface area contributed by atoms with Gasteiger partial charge in [-0.3, -0.25) is 4.68 Å². The molecular formula is C13H18N4O. The van der Waals surface area contributed by atoms with Gasteiger partial charge in [-0.25, -0.2) is 4.98 Å². The molecule has 1 heterocycles. The van der Waals surface area contributed by atoms with Crippen LogP contribution < -0.4 is 10.5 Å².